The molecule has 5 rings (SSSR count). The largest absolute Gasteiger partial charge is 0.480 e. The number of hydrogen-bond donors (Lipinski definition) is 3. The lowest BCUT2D eigenvalue weighted by Crippen LogP contribution is -2.51. The molecule has 30 heavy (non-hydrogen) atoms. The van der Waals surface area contributed by atoms with Crippen LogP contribution in [-0.2, 0) is 16.0 Å². The Morgan fingerprint density at radius 1 is 1.20 bits per heavy atom. The van der Waals surface area contributed by atoms with E-state index >= 15 is 0 Å². The quantitative estimate of drug-likeness (QED) is 0.588. The molecule has 3 heterocycles. The predicted molar refractivity (Wildman–Crippen MR) is 113 cm³/mol. The van der Waals surface area contributed by atoms with Gasteiger partial charge in [0.05, 0.1) is 0 Å². The smallest absolute Gasteiger partial charge is 0.326 e. The van der Waals surface area contributed by atoms with Gasteiger partial charge in [-0.2, -0.15) is 0 Å². The van der Waals surface area contributed by atoms with Crippen molar-refractivity contribution in [3.05, 3.63) is 71.4 Å². The van der Waals surface area contributed by atoms with Crippen LogP contribution in [0.15, 0.2) is 54.7 Å². The molecular formula is C22H19N3O4S. The van der Waals surface area contributed by atoms with Crippen LogP contribution >= 0.6 is 11.8 Å². The molecule has 152 valence electrons. The van der Waals surface area contributed by atoms with E-state index in [9.17, 15) is 19.5 Å². The third kappa shape index (κ3) is 2.95. The lowest BCUT2D eigenvalue weighted by atomic mass is 10.0. The van der Waals surface area contributed by atoms with E-state index in [2.05, 4.69) is 10.3 Å². The van der Waals surface area contributed by atoms with E-state index in [1.165, 1.54) is 11.8 Å². The van der Waals surface area contributed by atoms with Gasteiger partial charge in [0.25, 0.3) is 5.91 Å². The van der Waals surface area contributed by atoms with Crippen LogP contribution in [0.3, 0.4) is 0 Å². The summed E-state index contributed by atoms with van der Waals surface area (Å²) in [4.78, 5) is 42.4. The van der Waals surface area contributed by atoms with Crippen LogP contribution < -0.4 is 5.32 Å². The van der Waals surface area contributed by atoms with Gasteiger partial charge in [0, 0.05) is 34.8 Å². The molecule has 8 heteroatoms. The first-order valence-electron chi connectivity index (χ1n) is 9.66. The van der Waals surface area contributed by atoms with E-state index < -0.39 is 24.0 Å². The molecule has 1 aromatic heterocycles. The molecule has 0 radical (unpaired) electrons. The highest BCUT2D eigenvalue weighted by molar-refractivity contribution is 7.99. The number of benzene rings is 2. The molecule has 3 N–H and O–H groups in total. The molecule has 0 spiro atoms. The summed E-state index contributed by atoms with van der Waals surface area (Å²) in [6.07, 6.45) is 1.93. The summed E-state index contributed by atoms with van der Waals surface area (Å²) in [5.74, 6) is -1.27. The van der Waals surface area contributed by atoms with Crippen LogP contribution in [0.2, 0.25) is 0 Å². The molecule has 1 fully saturated rings. The number of aromatic amines is 1. The van der Waals surface area contributed by atoms with Crippen molar-refractivity contribution in [2.75, 3.05) is 5.75 Å². The van der Waals surface area contributed by atoms with Crippen LogP contribution in [-0.4, -0.2) is 50.6 Å². The number of H-pyrrole nitrogens is 1. The zero-order chi connectivity index (χ0) is 20.8. The van der Waals surface area contributed by atoms with Crippen LogP contribution in [0.25, 0.3) is 10.9 Å². The SMILES string of the molecule is O=C(O)[C@H](Cc1c[nH]c2ccccc12)NC(=O)[C@@H]1CS[C@H]2c3ccccc3C(=O)N12. The molecule has 0 aliphatic carbocycles. The van der Waals surface area contributed by atoms with Crippen LogP contribution in [0.1, 0.15) is 26.9 Å². The number of carbonyl (C=O) groups excluding carboxylic acids is 2. The first-order valence-corrected chi connectivity index (χ1v) is 10.7. The van der Waals surface area contributed by atoms with Crippen molar-refractivity contribution in [1.29, 1.82) is 0 Å². The third-order valence-corrected chi connectivity index (χ3v) is 7.01. The number of aromatic nitrogens is 1. The van der Waals surface area contributed by atoms with Crippen LogP contribution in [0, 0.1) is 0 Å². The average Bonchev–Trinajstić information content (AvgIpc) is 3.43. The molecule has 0 bridgehead atoms. The number of fused-ring (bicyclic) bond motifs is 4. The van der Waals surface area contributed by atoms with Crippen LogP contribution in [0.5, 0.6) is 0 Å². The molecule has 2 aromatic carbocycles. The first kappa shape index (κ1) is 18.7. The number of carboxylic acid groups (broad SMARTS) is 1. The van der Waals surface area contributed by atoms with Gasteiger partial charge < -0.3 is 20.3 Å². The number of para-hydroxylation sites is 1. The number of nitrogens with one attached hydrogen (secondary N) is 2. The average molecular weight is 421 g/mol. The minimum atomic E-state index is -1.10. The Kier molecular flexibility index (Phi) is 4.51. The Hall–Kier alpha value is -3.26. The lowest BCUT2D eigenvalue weighted by Gasteiger charge is -2.24. The van der Waals surface area contributed by atoms with Crippen molar-refractivity contribution in [3.63, 3.8) is 0 Å². The molecule has 2 aliphatic heterocycles. The van der Waals surface area contributed by atoms with Gasteiger partial charge in [-0.05, 0) is 23.3 Å². The number of nitrogens with zero attached hydrogens (tertiary/aromatic N) is 1. The summed E-state index contributed by atoms with van der Waals surface area (Å²) in [5, 5.41) is 13.1. The summed E-state index contributed by atoms with van der Waals surface area (Å²) in [7, 11) is 0. The highest BCUT2D eigenvalue weighted by Crippen LogP contribution is 2.48. The van der Waals surface area contributed by atoms with E-state index in [1.54, 1.807) is 23.2 Å². The summed E-state index contributed by atoms with van der Waals surface area (Å²) in [6, 6.07) is 13.2. The summed E-state index contributed by atoms with van der Waals surface area (Å²) in [5.41, 5.74) is 3.26. The fourth-order valence-corrected chi connectivity index (χ4v) is 5.70. The highest BCUT2D eigenvalue weighted by Gasteiger charge is 2.48. The van der Waals surface area contributed by atoms with Crippen molar-refractivity contribution in [2.24, 2.45) is 0 Å². The van der Waals surface area contributed by atoms with E-state index in [4.69, 9.17) is 0 Å². The second-order valence-corrected chi connectivity index (χ2v) is 8.58. The third-order valence-electron chi connectivity index (χ3n) is 5.71. The maximum atomic E-state index is 13.0. The number of amides is 2. The molecule has 2 amide bonds. The Labute approximate surface area is 176 Å². The number of thioether (sulfide) groups is 1. The van der Waals surface area contributed by atoms with Gasteiger partial charge >= 0.3 is 5.97 Å². The van der Waals surface area contributed by atoms with Crippen molar-refractivity contribution in [1.82, 2.24) is 15.2 Å². The number of rotatable bonds is 5. The fourth-order valence-electron chi connectivity index (χ4n) is 4.23. The van der Waals surface area contributed by atoms with Gasteiger partial charge in [0.1, 0.15) is 17.5 Å². The van der Waals surface area contributed by atoms with Gasteiger partial charge in [-0.3, -0.25) is 9.59 Å². The number of carbonyl (C=O) groups is 3. The minimum absolute atomic E-state index is 0.155. The van der Waals surface area contributed by atoms with E-state index in [0.29, 0.717) is 11.3 Å². The van der Waals surface area contributed by atoms with Crippen molar-refractivity contribution >= 4 is 40.4 Å². The zero-order valence-electron chi connectivity index (χ0n) is 15.9. The highest BCUT2D eigenvalue weighted by atomic mass is 32.2. The summed E-state index contributed by atoms with van der Waals surface area (Å²) >= 11 is 1.53. The monoisotopic (exact) mass is 421 g/mol. The Bertz CT molecular complexity index is 1170. The molecule has 1 saturated heterocycles. The second kappa shape index (κ2) is 7.21. The fraction of sp³-hybridized carbons (Fsp3) is 0.227. The molecule has 3 aromatic rings. The summed E-state index contributed by atoms with van der Waals surface area (Å²) in [6.45, 7) is 0. The number of aliphatic carboxylic acids is 1. The van der Waals surface area contributed by atoms with Crippen molar-refractivity contribution in [2.45, 2.75) is 23.9 Å². The lowest BCUT2D eigenvalue weighted by molar-refractivity contribution is -0.142. The first-order chi connectivity index (χ1) is 14.5. The normalized spacial score (nSPS) is 20.8. The van der Waals surface area contributed by atoms with E-state index in [0.717, 1.165) is 22.0 Å². The van der Waals surface area contributed by atoms with Crippen LogP contribution in [0.4, 0.5) is 0 Å². The van der Waals surface area contributed by atoms with Gasteiger partial charge in [0.2, 0.25) is 5.91 Å². The van der Waals surface area contributed by atoms with Gasteiger partial charge in [-0.25, -0.2) is 4.79 Å². The summed E-state index contributed by atoms with van der Waals surface area (Å²) < 4.78 is 0. The number of carboxylic acids is 1. The molecule has 2 aliphatic rings. The molecule has 0 unspecified atom stereocenters. The molecule has 7 nitrogen and oxygen atoms in total. The predicted octanol–water partition coefficient (Wildman–Crippen LogP) is 2.55. The van der Waals surface area contributed by atoms with E-state index in [-0.39, 0.29) is 17.7 Å². The Morgan fingerprint density at radius 2 is 1.97 bits per heavy atom. The maximum Gasteiger partial charge on any atom is 0.326 e. The van der Waals surface area contributed by atoms with Gasteiger partial charge in [-0.1, -0.05) is 36.4 Å². The van der Waals surface area contributed by atoms with E-state index in [1.807, 2.05) is 36.4 Å². The zero-order valence-corrected chi connectivity index (χ0v) is 16.7. The van der Waals surface area contributed by atoms with Crippen molar-refractivity contribution in [3.8, 4) is 0 Å². The topological polar surface area (TPSA) is 102 Å². The molecule has 3 atom stereocenters. The Balaban J connectivity index is 1.35. The molecular weight excluding hydrogens is 402 g/mol. The van der Waals surface area contributed by atoms with Crippen molar-refractivity contribution < 1.29 is 19.5 Å². The maximum absolute atomic E-state index is 13.0. The standard InChI is InChI=1S/C22H19N3O4S/c26-19(18-11-30-21-15-7-2-1-6-14(15)20(27)25(18)21)24-17(22(28)29)9-12-10-23-16-8-4-3-5-13(12)16/h1-8,10,17-18,21,23H,9,11H2,(H,24,26)(H,28,29)/t17-,18-,21-/m0/s1. The second-order valence-electron chi connectivity index (χ2n) is 7.46. The number of hydrogen-bond acceptors (Lipinski definition) is 4. The Morgan fingerprint density at radius 3 is 2.80 bits per heavy atom. The minimum Gasteiger partial charge on any atom is -0.480 e. The van der Waals surface area contributed by atoms with Gasteiger partial charge in [0.15, 0.2) is 0 Å². The van der Waals surface area contributed by atoms with Gasteiger partial charge in [-0.15, -0.1) is 11.8 Å². The molecule has 0 saturated carbocycles.